The maximum absolute atomic E-state index is 6.73. The molecule has 0 bridgehead atoms. The maximum Gasteiger partial charge on any atom is 0.143 e. The minimum absolute atomic E-state index is 0.831. The van der Waals surface area contributed by atoms with Gasteiger partial charge in [0.25, 0.3) is 0 Å². The molecule has 0 aliphatic carbocycles. The highest BCUT2D eigenvalue weighted by Gasteiger charge is 2.21. The first-order valence-corrected chi connectivity index (χ1v) is 18.9. The Kier molecular flexibility index (Phi) is 6.60. The number of fused-ring (bicyclic) bond motifs is 10. The molecule has 262 valence electrons. The third kappa shape index (κ3) is 4.66. The molecule has 12 aromatic rings. The number of benzene rings is 9. The van der Waals surface area contributed by atoms with Gasteiger partial charge >= 0.3 is 0 Å². The smallest absolute Gasteiger partial charge is 0.143 e. The highest BCUT2D eigenvalue weighted by atomic mass is 16.3. The topological polar surface area (TPSA) is 42.7 Å². The van der Waals surface area contributed by atoms with Crippen LogP contribution in [-0.4, -0.2) is 0 Å². The van der Waals surface area contributed by atoms with Crippen molar-refractivity contribution in [2.45, 2.75) is 0 Å². The monoisotopic (exact) mass is 717 g/mol. The summed E-state index contributed by atoms with van der Waals surface area (Å²) >= 11 is 0. The Bertz CT molecular complexity index is 3500. The number of para-hydroxylation sites is 4. The number of hydrogen-bond donors (Lipinski definition) is 0. The zero-order valence-corrected chi connectivity index (χ0v) is 30.1. The molecule has 0 saturated heterocycles. The van der Waals surface area contributed by atoms with Crippen molar-refractivity contribution in [1.82, 2.24) is 0 Å². The van der Waals surface area contributed by atoms with E-state index in [9.17, 15) is 0 Å². The lowest BCUT2D eigenvalue weighted by Crippen LogP contribution is -2.09. The van der Waals surface area contributed by atoms with Crippen LogP contribution in [0.3, 0.4) is 0 Å². The van der Waals surface area contributed by atoms with E-state index in [1.807, 2.05) is 12.1 Å². The number of furan rings is 3. The molecule has 0 amide bonds. The average Bonchev–Trinajstić information content (AvgIpc) is 3.95. The molecule has 9 aromatic carbocycles. The van der Waals surface area contributed by atoms with Crippen molar-refractivity contribution in [3.8, 4) is 22.3 Å². The Morgan fingerprint density at radius 1 is 0.304 bits per heavy atom. The molecular weight excluding hydrogens is 687 g/mol. The highest BCUT2D eigenvalue weighted by Crippen LogP contribution is 2.45. The van der Waals surface area contributed by atoms with Crippen LogP contribution in [0.1, 0.15) is 0 Å². The first kappa shape index (κ1) is 30.9. The minimum Gasteiger partial charge on any atom is -0.456 e. The van der Waals surface area contributed by atoms with E-state index in [1.165, 1.54) is 10.8 Å². The second kappa shape index (κ2) is 12.0. The molecular formula is C52H31NO3. The van der Waals surface area contributed by atoms with E-state index in [4.69, 9.17) is 13.3 Å². The van der Waals surface area contributed by atoms with E-state index in [1.54, 1.807) is 0 Å². The van der Waals surface area contributed by atoms with Gasteiger partial charge in [-0.1, -0.05) is 121 Å². The Hall–Kier alpha value is -7.56. The van der Waals surface area contributed by atoms with Gasteiger partial charge in [0.1, 0.15) is 33.5 Å². The largest absolute Gasteiger partial charge is 0.456 e. The van der Waals surface area contributed by atoms with Crippen LogP contribution in [-0.2, 0) is 0 Å². The quantitative estimate of drug-likeness (QED) is 0.178. The summed E-state index contributed by atoms with van der Waals surface area (Å²) in [5, 5.41) is 8.92. The van der Waals surface area contributed by atoms with Crippen molar-refractivity contribution in [1.29, 1.82) is 0 Å². The number of hydrogen-bond acceptors (Lipinski definition) is 4. The molecule has 0 unspecified atom stereocenters. The van der Waals surface area contributed by atoms with Crippen molar-refractivity contribution in [2.24, 2.45) is 0 Å². The summed E-state index contributed by atoms with van der Waals surface area (Å²) in [6, 6.07) is 65.9. The van der Waals surface area contributed by atoms with E-state index in [2.05, 4.69) is 181 Å². The minimum atomic E-state index is 0.831. The maximum atomic E-state index is 6.73. The fraction of sp³-hybridized carbons (Fsp3) is 0. The Balaban J connectivity index is 0.981. The average molecular weight is 718 g/mol. The number of rotatable bonds is 5. The van der Waals surface area contributed by atoms with Crippen LogP contribution in [0.5, 0.6) is 0 Å². The van der Waals surface area contributed by atoms with Crippen LogP contribution in [0.15, 0.2) is 201 Å². The van der Waals surface area contributed by atoms with Gasteiger partial charge in [0.15, 0.2) is 0 Å². The zero-order valence-electron chi connectivity index (χ0n) is 30.1. The molecule has 0 aliphatic heterocycles. The van der Waals surface area contributed by atoms with Crippen LogP contribution < -0.4 is 4.90 Å². The van der Waals surface area contributed by atoms with E-state index >= 15 is 0 Å². The van der Waals surface area contributed by atoms with Gasteiger partial charge in [-0.05, 0) is 82.6 Å². The lowest BCUT2D eigenvalue weighted by molar-refractivity contribution is 0.668. The molecule has 56 heavy (non-hydrogen) atoms. The summed E-state index contributed by atoms with van der Waals surface area (Å²) in [5.74, 6) is 0. The van der Waals surface area contributed by atoms with Crippen molar-refractivity contribution in [3.63, 3.8) is 0 Å². The summed E-state index contributed by atoms with van der Waals surface area (Å²) in [5.41, 5.74) is 12.5. The van der Waals surface area contributed by atoms with Crippen molar-refractivity contribution in [3.05, 3.63) is 188 Å². The zero-order chi connectivity index (χ0) is 36.7. The van der Waals surface area contributed by atoms with Crippen LogP contribution >= 0.6 is 0 Å². The van der Waals surface area contributed by atoms with E-state index in [-0.39, 0.29) is 0 Å². The Morgan fingerprint density at radius 3 is 1.82 bits per heavy atom. The molecule has 3 heterocycles. The van der Waals surface area contributed by atoms with E-state index in [0.717, 1.165) is 105 Å². The molecule has 0 radical (unpaired) electrons. The van der Waals surface area contributed by atoms with Crippen LogP contribution in [0.2, 0.25) is 0 Å². The van der Waals surface area contributed by atoms with Gasteiger partial charge in [0.05, 0.1) is 0 Å². The molecule has 3 aromatic heterocycles. The van der Waals surface area contributed by atoms with Gasteiger partial charge < -0.3 is 18.2 Å². The van der Waals surface area contributed by atoms with E-state index < -0.39 is 0 Å². The van der Waals surface area contributed by atoms with Crippen LogP contribution in [0, 0.1) is 0 Å². The first-order valence-electron chi connectivity index (χ1n) is 18.9. The summed E-state index contributed by atoms with van der Waals surface area (Å²) in [6.45, 7) is 0. The SMILES string of the molecule is c1ccc(N(c2ccc3ccccc3c2)c2ccc3c(c2)oc2cc(-c4cccc5c4oc4cccc(-c6cccc7c6oc6ccccc67)c45)ccc23)cc1. The molecule has 12 rings (SSSR count). The fourth-order valence-corrected chi connectivity index (χ4v) is 8.67. The molecule has 0 aliphatic rings. The summed E-state index contributed by atoms with van der Waals surface area (Å²) in [4.78, 5) is 2.29. The Labute approximate surface area is 321 Å². The van der Waals surface area contributed by atoms with Gasteiger partial charge in [-0.3, -0.25) is 0 Å². The van der Waals surface area contributed by atoms with Gasteiger partial charge in [0, 0.05) is 66.6 Å². The van der Waals surface area contributed by atoms with Gasteiger partial charge in [-0.15, -0.1) is 0 Å². The molecule has 4 heteroatoms. The summed E-state index contributed by atoms with van der Waals surface area (Å²) < 4.78 is 19.9. The molecule has 0 saturated carbocycles. The van der Waals surface area contributed by atoms with Gasteiger partial charge in [-0.2, -0.15) is 0 Å². The first-order chi connectivity index (χ1) is 27.7. The van der Waals surface area contributed by atoms with Crippen LogP contribution in [0.4, 0.5) is 17.1 Å². The van der Waals surface area contributed by atoms with Crippen molar-refractivity contribution < 1.29 is 13.3 Å². The predicted molar refractivity (Wildman–Crippen MR) is 231 cm³/mol. The number of nitrogens with zero attached hydrogens (tertiary/aromatic N) is 1. The van der Waals surface area contributed by atoms with Gasteiger partial charge in [-0.25, -0.2) is 0 Å². The Morgan fingerprint density at radius 2 is 0.911 bits per heavy atom. The van der Waals surface area contributed by atoms with Gasteiger partial charge in [0.2, 0.25) is 0 Å². The second-order valence-corrected chi connectivity index (χ2v) is 14.4. The second-order valence-electron chi connectivity index (χ2n) is 14.4. The summed E-state index contributed by atoms with van der Waals surface area (Å²) in [6.07, 6.45) is 0. The predicted octanol–water partition coefficient (Wildman–Crippen LogP) is 15.3. The van der Waals surface area contributed by atoms with E-state index in [0.29, 0.717) is 0 Å². The highest BCUT2D eigenvalue weighted by molar-refractivity contribution is 6.19. The lowest BCUT2D eigenvalue weighted by Gasteiger charge is -2.25. The number of anilines is 3. The van der Waals surface area contributed by atoms with Crippen molar-refractivity contribution >= 4 is 93.7 Å². The van der Waals surface area contributed by atoms with Crippen molar-refractivity contribution in [2.75, 3.05) is 4.90 Å². The van der Waals surface area contributed by atoms with Crippen LogP contribution in [0.25, 0.3) is 98.8 Å². The lowest BCUT2D eigenvalue weighted by atomic mass is 9.96. The molecule has 0 atom stereocenters. The summed E-state index contributed by atoms with van der Waals surface area (Å²) in [7, 11) is 0. The normalized spacial score (nSPS) is 11.9. The molecule has 0 fully saturated rings. The fourth-order valence-electron chi connectivity index (χ4n) is 8.67. The third-order valence-corrected chi connectivity index (χ3v) is 11.2. The standard InChI is InChI=1S/C52H31NO3/c1-2-13-35(14-3-1)53(36-25-23-32-11-4-5-12-33(32)29-36)37-26-28-41-40-27-24-34(30-48(40)54-49(41)31-37)38-16-8-20-45-50-42(17-10-22-47(50)56-51(38)45)44-19-9-18-43-39-15-6-7-21-46(39)55-52(43)44/h1-31H. The third-order valence-electron chi connectivity index (χ3n) is 11.2. The molecule has 0 N–H and O–H groups in total. The molecule has 4 nitrogen and oxygen atoms in total. The molecule has 0 spiro atoms.